The highest BCUT2D eigenvalue weighted by molar-refractivity contribution is 5.70. The number of carboxylic acid groups (broad SMARTS) is 1. The molecule has 0 aliphatic carbocycles. The van der Waals surface area contributed by atoms with Crippen LogP contribution in [0.3, 0.4) is 0 Å². The number of hydrogen-bond acceptors (Lipinski definition) is 8. The first kappa shape index (κ1) is 83.5. The van der Waals surface area contributed by atoms with Gasteiger partial charge in [-0.3, -0.25) is 9.59 Å². The van der Waals surface area contributed by atoms with E-state index in [0.717, 1.165) is 51.4 Å². The summed E-state index contributed by atoms with van der Waals surface area (Å²) in [6.45, 7) is 4.81. The van der Waals surface area contributed by atoms with Crippen molar-refractivity contribution in [1.82, 2.24) is 0 Å². The summed E-state index contributed by atoms with van der Waals surface area (Å²) in [6.07, 6.45) is 83.9. The smallest absolute Gasteiger partial charge is 0.306 e. The maximum Gasteiger partial charge on any atom is 0.306 e. The Morgan fingerprint density at radius 1 is 0.349 bits per heavy atom. The van der Waals surface area contributed by atoms with Crippen LogP contribution in [0.5, 0.6) is 0 Å². The molecular formula is C77H145NO8. The van der Waals surface area contributed by atoms with Crippen LogP contribution in [0.4, 0.5) is 0 Å². The van der Waals surface area contributed by atoms with E-state index in [4.69, 9.17) is 18.9 Å². The van der Waals surface area contributed by atoms with Crippen LogP contribution in [-0.2, 0) is 33.3 Å². The minimum absolute atomic E-state index is 0.151. The van der Waals surface area contributed by atoms with Crippen LogP contribution in [0.15, 0.2) is 36.5 Å². The van der Waals surface area contributed by atoms with Gasteiger partial charge in [0.05, 0.1) is 40.3 Å². The second kappa shape index (κ2) is 68.4. The Labute approximate surface area is 534 Å². The number of unbranched alkanes of at least 4 members (excludes halogenated alkanes) is 50. The Kier molecular flexibility index (Phi) is 66.4. The molecule has 0 radical (unpaired) electrons. The van der Waals surface area contributed by atoms with E-state index in [1.165, 1.54) is 302 Å². The standard InChI is InChI=1S/C77H145NO8/c1-6-8-10-12-14-16-18-20-22-24-26-28-30-32-34-36-37-38-39-40-42-44-46-48-50-52-54-56-58-60-62-64-66-68-75(80)86-73(72-85-77(76(81)82)83-70-69-78(3,4)5)71-84-74(79)67-65-63-61-59-57-55-53-51-49-47-45-43-41-35-33-31-29-27-25-23-21-19-17-15-13-11-9-7-2/h18,20,24,26,30,32,73,77H,6-17,19,21-23,25,27-29,31,33-72H2,1-5H3/b20-18-,26-24-,32-30-. The van der Waals surface area contributed by atoms with Crippen molar-refractivity contribution in [2.24, 2.45) is 0 Å². The second-order valence-electron chi connectivity index (χ2n) is 27.0. The number of carbonyl (C=O) groups is 3. The van der Waals surface area contributed by atoms with E-state index in [0.29, 0.717) is 17.4 Å². The highest BCUT2D eigenvalue weighted by Gasteiger charge is 2.22. The van der Waals surface area contributed by atoms with Crippen LogP contribution < -0.4 is 5.11 Å². The van der Waals surface area contributed by atoms with E-state index in [1.54, 1.807) is 0 Å². The highest BCUT2D eigenvalue weighted by Crippen LogP contribution is 2.19. The number of rotatable bonds is 71. The number of likely N-dealkylation sites (N-methyl/N-ethyl adjacent to an activating group) is 1. The monoisotopic (exact) mass is 1210 g/mol. The van der Waals surface area contributed by atoms with E-state index < -0.39 is 24.3 Å². The maximum atomic E-state index is 13.0. The van der Waals surface area contributed by atoms with Gasteiger partial charge in [0.15, 0.2) is 12.4 Å². The summed E-state index contributed by atoms with van der Waals surface area (Å²) in [6, 6.07) is 0. The minimum Gasteiger partial charge on any atom is -0.545 e. The maximum absolute atomic E-state index is 13.0. The van der Waals surface area contributed by atoms with E-state index in [-0.39, 0.29) is 32.2 Å². The average Bonchev–Trinajstić information content (AvgIpc) is 3.64. The van der Waals surface area contributed by atoms with Gasteiger partial charge in [-0.05, 0) is 51.4 Å². The lowest BCUT2D eigenvalue weighted by Gasteiger charge is -2.26. The van der Waals surface area contributed by atoms with Gasteiger partial charge in [0, 0.05) is 12.8 Å². The third kappa shape index (κ3) is 69.0. The fourth-order valence-electron chi connectivity index (χ4n) is 11.4. The molecule has 0 saturated heterocycles. The van der Waals surface area contributed by atoms with Crippen molar-refractivity contribution in [3.8, 4) is 0 Å². The SMILES string of the molecule is CCCCCCC/C=C\C/C=C\C/C=C\CCCCCCCCCCCCCCCCCCCCC(=O)OC(COC(=O)CCCCCCCCCCCCCCCCCCCCCCCCCCCCCC)COC(OCC[N+](C)(C)C)C(=O)[O-]. The minimum atomic E-state index is -1.62. The van der Waals surface area contributed by atoms with E-state index >= 15 is 0 Å². The Morgan fingerprint density at radius 3 is 0.930 bits per heavy atom. The first-order valence-electron chi connectivity index (χ1n) is 37.6. The largest absolute Gasteiger partial charge is 0.545 e. The fourth-order valence-corrected chi connectivity index (χ4v) is 11.4. The second-order valence-corrected chi connectivity index (χ2v) is 27.0. The van der Waals surface area contributed by atoms with Crippen LogP contribution in [-0.4, -0.2) is 82.3 Å². The summed E-state index contributed by atoms with van der Waals surface area (Å²) in [4.78, 5) is 37.5. The molecule has 86 heavy (non-hydrogen) atoms. The Morgan fingerprint density at radius 2 is 0.628 bits per heavy atom. The molecule has 0 aromatic carbocycles. The van der Waals surface area contributed by atoms with Crippen molar-refractivity contribution in [1.29, 1.82) is 0 Å². The van der Waals surface area contributed by atoms with Gasteiger partial charge in [-0.2, -0.15) is 0 Å². The molecule has 2 unspecified atom stereocenters. The number of nitrogens with zero attached hydrogens (tertiary/aromatic N) is 1. The van der Waals surface area contributed by atoms with Gasteiger partial charge in [-0.25, -0.2) is 0 Å². The molecule has 506 valence electrons. The van der Waals surface area contributed by atoms with Gasteiger partial charge >= 0.3 is 11.9 Å². The molecule has 0 aliphatic heterocycles. The molecule has 0 bridgehead atoms. The lowest BCUT2D eigenvalue weighted by Crippen LogP contribution is -2.44. The first-order chi connectivity index (χ1) is 42.1. The first-order valence-corrected chi connectivity index (χ1v) is 37.6. The molecule has 0 rings (SSSR count). The van der Waals surface area contributed by atoms with Crippen LogP contribution in [0.2, 0.25) is 0 Å². The number of carboxylic acids is 1. The molecule has 0 amide bonds. The lowest BCUT2D eigenvalue weighted by molar-refractivity contribution is -0.870. The van der Waals surface area contributed by atoms with Crippen molar-refractivity contribution >= 4 is 17.9 Å². The number of aliphatic carboxylic acids is 1. The Hall–Kier alpha value is -2.49. The number of quaternary nitrogens is 1. The summed E-state index contributed by atoms with van der Waals surface area (Å²) >= 11 is 0. The zero-order chi connectivity index (χ0) is 62.6. The van der Waals surface area contributed by atoms with Crippen molar-refractivity contribution < 1.29 is 42.9 Å². The van der Waals surface area contributed by atoms with Gasteiger partial charge < -0.3 is 33.3 Å². The number of allylic oxidation sites excluding steroid dienone is 6. The topological polar surface area (TPSA) is 111 Å². The normalized spacial score (nSPS) is 12.8. The van der Waals surface area contributed by atoms with Crippen LogP contribution in [0.1, 0.15) is 380 Å². The molecule has 9 heteroatoms. The predicted octanol–water partition coefficient (Wildman–Crippen LogP) is 22.2. The van der Waals surface area contributed by atoms with Gasteiger partial charge in [0.25, 0.3) is 0 Å². The highest BCUT2D eigenvalue weighted by atomic mass is 16.7. The molecule has 0 fully saturated rings. The molecule has 9 nitrogen and oxygen atoms in total. The molecule has 0 saturated carbocycles. The zero-order valence-corrected chi connectivity index (χ0v) is 58.0. The van der Waals surface area contributed by atoms with Crippen molar-refractivity contribution in [2.45, 2.75) is 392 Å². The van der Waals surface area contributed by atoms with Crippen LogP contribution >= 0.6 is 0 Å². The fraction of sp³-hybridized carbons (Fsp3) is 0.883. The third-order valence-corrected chi connectivity index (χ3v) is 17.1. The molecule has 2 atom stereocenters. The molecule has 0 N–H and O–H groups in total. The van der Waals surface area contributed by atoms with Crippen molar-refractivity contribution in [3.63, 3.8) is 0 Å². The number of esters is 2. The summed E-state index contributed by atoms with van der Waals surface area (Å²) in [5, 5.41) is 11.8. The summed E-state index contributed by atoms with van der Waals surface area (Å²) in [7, 11) is 5.95. The van der Waals surface area contributed by atoms with Crippen molar-refractivity contribution in [3.05, 3.63) is 36.5 Å². The average molecular weight is 1210 g/mol. The van der Waals surface area contributed by atoms with Gasteiger partial charge in [-0.15, -0.1) is 0 Å². The van der Waals surface area contributed by atoms with Crippen LogP contribution in [0, 0.1) is 0 Å². The summed E-state index contributed by atoms with van der Waals surface area (Å²) in [5.74, 6) is -2.25. The van der Waals surface area contributed by atoms with E-state index in [9.17, 15) is 19.5 Å². The number of hydrogen-bond donors (Lipinski definition) is 0. The lowest BCUT2D eigenvalue weighted by atomic mass is 10.0. The Bertz CT molecular complexity index is 1500. The molecule has 0 aromatic heterocycles. The third-order valence-electron chi connectivity index (χ3n) is 17.1. The predicted molar refractivity (Wildman–Crippen MR) is 366 cm³/mol. The molecular weight excluding hydrogens is 1070 g/mol. The van der Waals surface area contributed by atoms with Crippen LogP contribution in [0.25, 0.3) is 0 Å². The molecule has 0 spiro atoms. The summed E-state index contributed by atoms with van der Waals surface area (Å²) in [5.41, 5.74) is 0. The number of ether oxygens (including phenoxy) is 4. The van der Waals surface area contributed by atoms with E-state index in [1.807, 2.05) is 21.1 Å². The van der Waals surface area contributed by atoms with Crippen molar-refractivity contribution in [2.75, 3.05) is 47.5 Å². The molecule has 0 aromatic rings. The Balaban J connectivity index is 4.02. The van der Waals surface area contributed by atoms with Gasteiger partial charge in [0.2, 0.25) is 0 Å². The number of carbonyl (C=O) groups excluding carboxylic acids is 3. The van der Waals surface area contributed by atoms with E-state index in [2.05, 4.69) is 50.3 Å². The molecule has 0 heterocycles. The van der Waals surface area contributed by atoms with Gasteiger partial charge in [-0.1, -0.05) is 352 Å². The summed E-state index contributed by atoms with van der Waals surface area (Å²) < 4.78 is 22.9. The quantitative estimate of drug-likeness (QED) is 0.0195. The van der Waals surface area contributed by atoms with Gasteiger partial charge in [0.1, 0.15) is 13.2 Å². The molecule has 0 aliphatic rings. The zero-order valence-electron chi connectivity index (χ0n) is 58.0.